The third kappa shape index (κ3) is 4.37. The van der Waals surface area contributed by atoms with Crippen LogP contribution in [0.3, 0.4) is 0 Å². The summed E-state index contributed by atoms with van der Waals surface area (Å²) in [5.41, 5.74) is -0.975. The van der Waals surface area contributed by atoms with Gasteiger partial charge in [0.15, 0.2) is 11.6 Å². The molecular formula is C22H25F4N5O2. The van der Waals surface area contributed by atoms with Crippen LogP contribution in [0.15, 0.2) is 24.5 Å². The first kappa shape index (κ1) is 22.0. The van der Waals surface area contributed by atoms with Crippen molar-refractivity contribution in [1.82, 2.24) is 25.0 Å². The maximum Gasteiger partial charge on any atom is 0.416 e. The maximum absolute atomic E-state index is 14.1. The molecule has 2 aromatic rings. The molecule has 1 aromatic heterocycles. The fourth-order valence-corrected chi connectivity index (χ4v) is 5.29. The van der Waals surface area contributed by atoms with Crippen molar-refractivity contribution in [2.45, 2.75) is 50.3 Å². The Morgan fingerprint density at radius 3 is 2.55 bits per heavy atom. The van der Waals surface area contributed by atoms with Gasteiger partial charge in [-0.2, -0.15) is 18.3 Å². The molecule has 3 aliphatic rings. The Morgan fingerprint density at radius 2 is 1.91 bits per heavy atom. The summed E-state index contributed by atoms with van der Waals surface area (Å²) >= 11 is 0. The normalized spacial score (nSPS) is 23.1. The number of aromatic amines is 1. The van der Waals surface area contributed by atoms with Gasteiger partial charge in [0.05, 0.1) is 11.7 Å². The lowest BCUT2D eigenvalue weighted by atomic mass is 9.61. The lowest BCUT2D eigenvalue weighted by Gasteiger charge is -2.52. The number of amides is 2. The summed E-state index contributed by atoms with van der Waals surface area (Å²) in [6.45, 7) is 2.64. The highest BCUT2D eigenvalue weighted by atomic mass is 19.4. The summed E-state index contributed by atoms with van der Waals surface area (Å²) in [5, 5.41) is 6.76. The van der Waals surface area contributed by atoms with E-state index in [1.54, 1.807) is 0 Å². The molecule has 2 amide bonds. The number of benzene rings is 1. The third-order valence-corrected chi connectivity index (χ3v) is 7.25. The molecular weight excluding hydrogens is 442 g/mol. The predicted octanol–water partition coefficient (Wildman–Crippen LogP) is 4.20. The van der Waals surface area contributed by atoms with Crippen molar-refractivity contribution in [1.29, 1.82) is 0 Å². The number of rotatable bonds is 3. The third-order valence-electron chi connectivity index (χ3n) is 7.25. The highest BCUT2D eigenvalue weighted by Crippen LogP contribution is 2.50. The summed E-state index contributed by atoms with van der Waals surface area (Å²) in [5.74, 6) is -0.151. The monoisotopic (exact) mass is 467 g/mol. The lowest BCUT2D eigenvalue weighted by Crippen LogP contribution is -2.54. The van der Waals surface area contributed by atoms with Crippen LogP contribution >= 0.6 is 0 Å². The molecule has 33 heavy (non-hydrogen) atoms. The Kier molecular flexibility index (Phi) is 5.44. The van der Waals surface area contributed by atoms with Crippen molar-refractivity contribution in [3.63, 3.8) is 0 Å². The van der Waals surface area contributed by atoms with Crippen LogP contribution in [0.1, 0.15) is 49.4 Å². The van der Waals surface area contributed by atoms with Gasteiger partial charge in [0.1, 0.15) is 12.2 Å². The SMILES string of the molecule is O=C(N1CCC2(CC1)CC(Oc1ccc(C(F)(F)F)cc1F)C2)N1CCC(c2ncn[nH]2)C1. The van der Waals surface area contributed by atoms with E-state index < -0.39 is 17.6 Å². The molecule has 1 saturated carbocycles. The van der Waals surface area contributed by atoms with E-state index in [-0.39, 0.29) is 29.2 Å². The van der Waals surface area contributed by atoms with E-state index in [2.05, 4.69) is 15.2 Å². The molecule has 2 aliphatic heterocycles. The second-order valence-electron chi connectivity index (χ2n) is 9.36. The topological polar surface area (TPSA) is 74.3 Å². The number of likely N-dealkylation sites (tertiary alicyclic amines) is 2. The summed E-state index contributed by atoms with van der Waals surface area (Å²) < 4.78 is 57.8. The zero-order chi connectivity index (χ0) is 23.2. The number of ether oxygens (including phenoxy) is 1. The Hall–Kier alpha value is -2.85. The van der Waals surface area contributed by atoms with Crippen LogP contribution in [0.5, 0.6) is 5.75 Å². The molecule has 3 heterocycles. The molecule has 1 atom stereocenters. The summed E-state index contributed by atoms with van der Waals surface area (Å²) in [7, 11) is 0. The van der Waals surface area contributed by atoms with Crippen molar-refractivity contribution in [2.24, 2.45) is 5.41 Å². The summed E-state index contributed by atoms with van der Waals surface area (Å²) in [6, 6.07) is 2.40. The molecule has 1 spiro atoms. The van der Waals surface area contributed by atoms with Gasteiger partial charge in [0.2, 0.25) is 0 Å². The number of piperidine rings is 1. The lowest BCUT2D eigenvalue weighted by molar-refractivity contribution is -0.137. The van der Waals surface area contributed by atoms with Crippen molar-refractivity contribution < 1.29 is 27.1 Å². The average molecular weight is 467 g/mol. The van der Waals surface area contributed by atoms with Crippen LogP contribution in [0.4, 0.5) is 22.4 Å². The molecule has 11 heteroatoms. The van der Waals surface area contributed by atoms with Gasteiger partial charge in [-0.05, 0) is 55.7 Å². The number of carbonyl (C=O) groups is 1. The minimum Gasteiger partial charge on any atom is -0.487 e. The molecule has 3 fully saturated rings. The minimum atomic E-state index is -4.59. The fraction of sp³-hybridized carbons (Fsp3) is 0.591. The van der Waals surface area contributed by atoms with Gasteiger partial charge in [-0.1, -0.05) is 0 Å². The Labute approximate surface area is 188 Å². The van der Waals surface area contributed by atoms with Crippen LogP contribution in [-0.4, -0.2) is 63.3 Å². The molecule has 1 aromatic carbocycles. The number of hydrogen-bond donors (Lipinski definition) is 1. The van der Waals surface area contributed by atoms with Gasteiger partial charge in [0.25, 0.3) is 0 Å². The van der Waals surface area contributed by atoms with E-state index >= 15 is 0 Å². The quantitative estimate of drug-likeness (QED) is 0.687. The van der Waals surface area contributed by atoms with Crippen LogP contribution in [0.25, 0.3) is 0 Å². The van der Waals surface area contributed by atoms with Gasteiger partial charge < -0.3 is 14.5 Å². The predicted molar refractivity (Wildman–Crippen MR) is 109 cm³/mol. The zero-order valence-electron chi connectivity index (χ0n) is 17.9. The van der Waals surface area contributed by atoms with Crippen molar-refractivity contribution in [3.8, 4) is 5.75 Å². The molecule has 1 N–H and O–H groups in total. The van der Waals surface area contributed by atoms with Crippen LogP contribution in [-0.2, 0) is 6.18 Å². The van der Waals surface area contributed by atoms with Gasteiger partial charge in [0, 0.05) is 32.1 Å². The van der Waals surface area contributed by atoms with Crippen molar-refractivity contribution in [2.75, 3.05) is 26.2 Å². The highest BCUT2D eigenvalue weighted by Gasteiger charge is 2.48. The van der Waals surface area contributed by atoms with Gasteiger partial charge >= 0.3 is 12.2 Å². The molecule has 0 bridgehead atoms. The molecule has 1 aliphatic carbocycles. The first-order valence-corrected chi connectivity index (χ1v) is 11.1. The van der Waals surface area contributed by atoms with Crippen molar-refractivity contribution in [3.05, 3.63) is 41.7 Å². The highest BCUT2D eigenvalue weighted by molar-refractivity contribution is 5.75. The standard InChI is InChI=1S/C22H25F4N5O2/c23-17-9-15(22(24,25)26)1-2-18(17)33-16-10-21(11-16)4-7-30(8-5-21)20(32)31-6-3-14(12-31)19-27-13-28-29-19/h1-2,9,13-14,16H,3-8,10-12H2,(H,27,28,29). The number of halogens is 4. The maximum atomic E-state index is 14.1. The Morgan fingerprint density at radius 1 is 1.15 bits per heavy atom. The summed E-state index contributed by atoms with van der Waals surface area (Å²) in [4.78, 5) is 20.9. The average Bonchev–Trinajstić information content (AvgIpc) is 3.45. The first-order chi connectivity index (χ1) is 15.7. The fourth-order valence-electron chi connectivity index (χ4n) is 5.29. The van der Waals surface area contributed by atoms with E-state index in [0.29, 0.717) is 45.1 Å². The molecule has 2 saturated heterocycles. The second kappa shape index (κ2) is 8.18. The Bertz CT molecular complexity index is 997. The van der Waals surface area contributed by atoms with Crippen LogP contribution < -0.4 is 4.74 Å². The van der Waals surface area contributed by atoms with Gasteiger partial charge in [-0.3, -0.25) is 5.10 Å². The number of H-pyrrole nitrogens is 1. The number of nitrogens with one attached hydrogen (secondary N) is 1. The number of aromatic nitrogens is 3. The second-order valence-corrected chi connectivity index (χ2v) is 9.36. The van der Waals surface area contributed by atoms with E-state index in [9.17, 15) is 22.4 Å². The van der Waals surface area contributed by atoms with Gasteiger partial charge in [-0.15, -0.1) is 0 Å². The zero-order valence-corrected chi connectivity index (χ0v) is 17.9. The van der Waals surface area contributed by atoms with E-state index in [1.807, 2.05) is 9.80 Å². The largest absolute Gasteiger partial charge is 0.487 e. The van der Waals surface area contributed by atoms with E-state index in [1.165, 1.54) is 6.33 Å². The molecule has 7 nitrogen and oxygen atoms in total. The smallest absolute Gasteiger partial charge is 0.416 e. The first-order valence-electron chi connectivity index (χ1n) is 11.1. The number of hydrogen-bond acceptors (Lipinski definition) is 4. The Balaban J connectivity index is 1.10. The number of urea groups is 1. The van der Waals surface area contributed by atoms with E-state index in [4.69, 9.17) is 4.74 Å². The van der Waals surface area contributed by atoms with Crippen LogP contribution in [0, 0.1) is 11.2 Å². The molecule has 1 unspecified atom stereocenters. The van der Waals surface area contributed by atoms with Crippen LogP contribution in [0.2, 0.25) is 0 Å². The van der Waals surface area contributed by atoms with E-state index in [0.717, 1.165) is 37.2 Å². The number of alkyl halides is 3. The molecule has 0 radical (unpaired) electrons. The minimum absolute atomic E-state index is 0.0471. The van der Waals surface area contributed by atoms with Crippen molar-refractivity contribution >= 4 is 6.03 Å². The number of carbonyl (C=O) groups excluding carboxylic acids is 1. The van der Waals surface area contributed by atoms with Gasteiger partial charge in [-0.25, -0.2) is 14.2 Å². The number of nitrogens with zero attached hydrogens (tertiary/aromatic N) is 4. The summed E-state index contributed by atoms with van der Waals surface area (Å²) in [6.07, 6.45) is 0.640. The molecule has 178 valence electrons. The molecule has 5 rings (SSSR count).